The minimum absolute atomic E-state index is 0.266. The average Bonchev–Trinajstić information content (AvgIpc) is 2.49. The maximum absolute atomic E-state index is 13.3. The van der Waals surface area contributed by atoms with Crippen molar-refractivity contribution in [1.29, 1.82) is 0 Å². The van der Waals surface area contributed by atoms with Gasteiger partial charge in [-0.15, -0.1) is 0 Å². The predicted molar refractivity (Wildman–Crippen MR) is 77.5 cm³/mol. The van der Waals surface area contributed by atoms with E-state index in [0.29, 0.717) is 35.7 Å². The van der Waals surface area contributed by atoms with Crippen LogP contribution in [0.5, 0.6) is 0 Å². The third-order valence-corrected chi connectivity index (χ3v) is 3.11. The molecule has 0 saturated heterocycles. The van der Waals surface area contributed by atoms with Gasteiger partial charge in [0.05, 0.1) is 17.9 Å². The number of benzene rings is 1. The molecule has 2 rings (SSSR count). The summed E-state index contributed by atoms with van der Waals surface area (Å²) in [5.41, 5.74) is 2.25. The molecular formula is C16H17FN2O2. The second kappa shape index (κ2) is 6.43. The molecule has 0 atom stereocenters. The van der Waals surface area contributed by atoms with Crippen molar-refractivity contribution in [1.82, 2.24) is 9.97 Å². The molecule has 0 aliphatic carbocycles. The highest BCUT2D eigenvalue weighted by atomic mass is 19.1. The zero-order valence-corrected chi connectivity index (χ0v) is 12.3. The molecule has 1 heterocycles. The van der Waals surface area contributed by atoms with Crippen molar-refractivity contribution in [3.05, 3.63) is 47.0 Å². The summed E-state index contributed by atoms with van der Waals surface area (Å²) in [5.74, 6) is -0.211. The van der Waals surface area contributed by atoms with E-state index in [2.05, 4.69) is 9.97 Å². The lowest BCUT2D eigenvalue weighted by molar-refractivity contribution is 0.0524. The summed E-state index contributed by atoms with van der Waals surface area (Å²) < 4.78 is 18.3. The molecule has 4 nitrogen and oxygen atoms in total. The first-order chi connectivity index (χ1) is 10.1. The topological polar surface area (TPSA) is 52.1 Å². The summed E-state index contributed by atoms with van der Waals surface area (Å²) in [4.78, 5) is 20.4. The molecule has 0 bridgehead atoms. The van der Waals surface area contributed by atoms with Gasteiger partial charge in [0.1, 0.15) is 5.82 Å². The van der Waals surface area contributed by atoms with E-state index in [1.165, 1.54) is 12.3 Å². The van der Waals surface area contributed by atoms with Crippen molar-refractivity contribution in [3.63, 3.8) is 0 Å². The highest BCUT2D eigenvalue weighted by Gasteiger charge is 2.15. The van der Waals surface area contributed by atoms with Crippen LogP contribution in [0, 0.1) is 12.7 Å². The number of nitrogens with zero attached hydrogens (tertiary/aromatic N) is 2. The largest absolute Gasteiger partial charge is 0.462 e. The molecule has 1 aromatic carbocycles. The molecule has 0 aliphatic heterocycles. The van der Waals surface area contributed by atoms with Crippen molar-refractivity contribution in [2.24, 2.45) is 0 Å². The summed E-state index contributed by atoms with van der Waals surface area (Å²) in [5, 5.41) is 0. The zero-order valence-electron chi connectivity index (χ0n) is 12.3. The van der Waals surface area contributed by atoms with Gasteiger partial charge in [-0.1, -0.05) is 6.92 Å². The Bertz CT molecular complexity index is 671. The van der Waals surface area contributed by atoms with Gasteiger partial charge >= 0.3 is 5.97 Å². The highest BCUT2D eigenvalue weighted by Crippen LogP contribution is 2.20. The number of rotatable bonds is 4. The summed E-state index contributed by atoms with van der Waals surface area (Å²) in [7, 11) is 0. The smallest absolute Gasteiger partial charge is 0.341 e. The van der Waals surface area contributed by atoms with E-state index in [-0.39, 0.29) is 5.82 Å². The minimum atomic E-state index is -0.420. The Labute approximate surface area is 123 Å². The molecule has 0 spiro atoms. The molecule has 0 amide bonds. The van der Waals surface area contributed by atoms with Crippen LogP contribution < -0.4 is 0 Å². The number of halogens is 1. The lowest BCUT2D eigenvalue weighted by Crippen LogP contribution is -2.11. The number of hydrogen-bond donors (Lipinski definition) is 0. The fourth-order valence-corrected chi connectivity index (χ4v) is 1.99. The quantitative estimate of drug-likeness (QED) is 0.810. The Balaban J connectivity index is 2.42. The fourth-order valence-electron chi connectivity index (χ4n) is 1.99. The second-order valence-corrected chi connectivity index (χ2v) is 4.59. The van der Waals surface area contributed by atoms with Gasteiger partial charge in [-0.05, 0) is 44.0 Å². The third kappa shape index (κ3) is 3.24. The lowest BCUT2D eigenvalue weighted by atomic mass is 10.1. The van der Waals surface area contributed by atoms with Crippen molar-refractivity contribution in [3.8, 4) is 11.4 Å². The number of aromatic nitrogens is 2. The SMILES string of the molecule is CCOC(=O)c1cnc(-c2ccc(F)c(C)c2)nc1CC. The standard InChI is InChI=1S/C16H17FN2O2/c1-4-14-12(16(20)21-5-2)9-18-15(19-14)11-6-7-13(17)10(3)8-11/h6-9H,4-5H2,1-3H3. The number of hydrogen-bond acceptors (Lipinski definition) is 4. The Morgan fingerprint density at radius 2 is 2.10 bits per heavy atom. The summed E-state index contributed by atoms with van der Waals surface area (Å²) >= 11 is 0. The molecule has 0 radical (unpaired) electrons. The normalized spacial score (nSPS) is 10.5. The number of aryl methyl sites for hydroxylation is 2. The molecule has 0 fully saturated rings. The van der Waals surface area contributed by atoms with Gasteiger partial charge in [-0.25, -0.2) is 19.2 Å². The van der Waals surface area contributed by atoms with Crippen LogP contribution in [0.25, 0.3) is 11.4 Å². The first-order valence-electron chi connectivity index (χ1n) is 6.86. The number of carbonyl (C=O) groups excluding carboxylic acids is 1. The van der Waals surface area contributed by atoms with E-state index in [9.17, 15) is 9.18 Å². The van der Waals surface area contributed by atoms with Gasteiger partial charge < -0.3 is 4.74 Å². The monoisotopic (exact) mass is 288 g/mol. The maximum atomic E-state index is 13.3. The van der Waals surface area contributed by atoms with Crippen LogP contribution in [0.2, 0.25) is 0 Å². The maximum Gasteiger partial charge on any atom is 0.341 e. The molecule has 0 unspecified atom stereocenters. The van der Waals surface area contributed by atoms with Crippen LogP contribution in [0.3, 0.4) is 0 Å². The summed E-state index contributed by atoms with van der Waals surface area (Å²) in [6.45, 7) is 5.65. The van der Waals surface area contributed by atoms with E-state index >= 15 is 0 Å². The first-order valence-corrected chi connectivity index (χ1v) is 6.86. The van der Waals surface area contributed by atoms with Crippen LogP contribution in [0.15, 0.2) is 24.4 Å². The zero-order chi connectivity index (χ0) is 15.4. The van der Waals surface area contributed by atoms with E-state index in [4.69, 9.17) is 4.74 Å². The second-order valence-electron chi connectivity index (χ2n) is 4.59. The van der Waals surface area contributed by atoms with Gasteiger partial charge in [0.2, 0.25) is 0 Å². The Morgan fingerprint density at radius 1 is 1.33 bits per heavy atom. The van der Waals surface area contributed by atoms with Crippen LogP contribution in [-0.4, -0.2) is 22.5 Å². The molecule has 21 heavy (non-hydrogen) atoms. The summed E-state index contributed by atoms with van der Waals surface area (Å²) in [6.07, 6.45) is 2.06. The molecule has 1 aromatic heterocycles. The van der Waals surface area contributed by atoms with Crippen LogP contribution >= 0.6 is 0 Å². The first kappa shape index (κ1) is 15.1. The Kier molecular flexibility index (Phi) is 4.62. The molecule has 110 valence electrons. The predicted octanol–water partition coefficient (Wildman–Crippen LogP) is 3.33. The van der Waals surface area contributed by atoms with Gasteiger partial charge in [-0.2, -0.15) is 0 Å². The number of carbonyl (C=O) groups is 1. The molecular weight excluding hydrogens is 271 g/mol. The molecule has 2 aromatic rings. The average molecular weight is 288 g/mol. The van der Waals surface area contributed by atoms with Crippen molar-refractivity contribution < 1.29 is 13.9 Å². The number of ether oxygens (including phenoxy) is 1. The van der Waals surface area contributed by atoms with Crippen molar-refractivity contribution in [2.45, 2.75) is 27.2 Å². The Hall–Kier alpha value is -2.30. The van der Waals surface area contributed by atoms with Crippen molar-refractivity contribution in [2.75, 3.05) is 6.61 Å². The van der Waals surface area contributed by atoms with Crippen LogP contribution in [0.1, 0.15) is 35.5 Å². The molecule has 5 heteroatoms. The Morgan fingerprint density at radius 3 is 2.71 bits per heavy atom. The van der Waals surface area contributed by atoms with Gasteiger partial charge in [0, 0.05) is 11.8 Å². The molecule has 0 aliphatic rings. The minimum Gasteiger partial charge on any atom is -0.462 e. The van der Waals surface area contributed by atoms with Crippen LogP contribution in [-0.2, 0) is 11.2 Å². The molecule has 0 N–H and O–H groups in total. The molecule has 0 saturated carbocycles. The van der Waals surface area contributed by atoms with E-state index in [0.717, 1.165) is 5.56 Å². The van der Waals surface area contributed by atoms with Gasteiger partial charge in [-0.3, -0.25) is 0 Å². The van der Waals surface area contributed by atoms with E-state index in [1.807, 2.05) is 6.92 Å². The summed E-state index contributed by atoms with van der Waals surface area (Å²) in [6, 6.07) is 4.70. The highest BCUT2D eigenvalue weighted by molar-refractivity contribution is 5.90. The van der Waals surface area contributed by atoms with E-state index < -0.39 is 5.97 Å². The van der Waals surface area contributed by atoms with Crippen molar-refractivity contribution >= 4 is 5.97 Å². The third-order valence-electron chi connectivity index (χ3n) is 3.11. The number of esters is 1. The van der Waals surface area contributed by atoms with Gasteiger partial charge in [0.15, 0.2) is 5.82 Å². The van der Waals surface area contributed by atoms with Crippen LogP contribution in [0.4, 0.5) is 4.39 Å². The van der Waals surface area contributed by atoms with E-state index in [1.54, 1.807) is 26.0 Å². The van der Waals surface area contributed by atoms with Gasteiger partial charge in [0.25, 0.3) is 0 Å². The fraction of sp³-hybridized carbons (Fsp3) is 0.312. The lowest BCUT2D eigenvalue weighted by Gasteiger charge is -2.08.